The van der Waals surface area contributed by atoms with Crippen molar-refractivity contribution in [2.24, 2.45) is 0 Å². The van der Waals surface area contributed by atoms with E-state index in [9.17, 15) is 9.59 Å². The predicted molar refractivity (Wildman–Crippen MR) is 109 cm³/mol. The molecule has 2 heterocycles. The summed E-state index contributed by atoms with van der Waals surface area (Å²) in [7, 11) is 1.35. The van der Waals surface area contributed by atoms with Crippen LogP contribution in [0, 0.1) is 0 Å². The molecule has 0 bridgehead atoms. The number of carbonyl (C=O) groups excluding carboxylic acids is 2. The van der Waals surface area contributed by atoms with E-state index in [1.165, 1.54) is 17.6 Å². The van der Waals surface area contributed by atoms with Gasteiger partial charge in [-0.2, -0.15) is 0 Å². The van der Waals surface area contributed by atoms with Crippen LogP contribution >= 0.6 is 11.6 Å². The second kappa shape index (κ2) is 7.47. The summed E-state index contributed by atoms with van der Waals surface area (Å²) in [4.78, 5) is 29.3. The number of carbonyl (C=O) groups is 2. The third kappa shape index (κ3) is 3.93. The SMILES string of the molecule is COC(=O)[C@@]1(C)C[C@@H](N2CCCc3cc(Cl)ccc32)CN1C(=O)OC(C)(C)C. The molecule has 3 rings (SSSR count). The Bertz CT molecular complexity index is 776. The number of nitrogens with zero attached hydrogens (tertiary/aromatic N) is 2. The first-order chi connectivity index (χ1) is 13.0. The first-order valence-electron chi connectivity index (χ1n) is 9.69. The Balaban J connectivity index is 1.91. The molecule has 0 unspecified atom stereocenters. The molecule has 2 atom stereocenters. The van der Waals surface area contributed by atoms with E-state index in [4.69, 9.17) is 21.1 Å². The maximum absolute atomic E-state index is 12.9. The van der Waals surface area contributed by atoms with E-state index in [2.05, 4.69) is 4.90 Å². The highest BCUT2D eigenvalue weighted by Crippen LogP contribution is 2.39. The van der Waals surface area contributed by atoms with E-state index in [0.29, 0.717) is 13.0 Å². The van der Waals surface area contributed by atoms with Crippen LogP contribution in [0.15, 0.2) is 18.2 Å². The Morgan fingerprint density at radius 2 is 2.00 bits per heavy atom. The molecule has 6 nitrogen and oxygen atoms in total. The average Bonchev–Trinajstić information content (AvgIpc) is 2.97. The molecule has 1 aromatic carbocycles. The number of esters is 1. The van der Waals surface area contributed by atoms with Crippen molar-refractivity contribution in [3.05, 3.63) is 28.8 Å². The predicted octanol–water partition coefficient (Wildman–Crippen LogP) is 4.03. The molecule has 7 heteroatoms. The van der Waals surface area contributed by atoms with Gasteiger partial charge in [-0.15, -0.1) is 0 Å². The largest absolute Gasteiger partial charge is 0.467 e. The summed E-state index contributed by atoms with van der Waals surface area (Å²) < 4.78 is 10.6. The van der Waals surface area contributed by atoms with E-state index >= 15 is 0 Å². The summed E-state index contributed by atoms with van der Waals surface area (Å²) in [6.07, 6.45) is 1.98. The van der Waals surface area contributed by atoms with Crippen molar-refractivity contribution in [3.8, 4) is 0 Å². The minimum Gasteiger partial charge on any atom is -0.467 e. The van der Waals surface area contributed by atoms with Gasteiger partial charge in [0.15, 0.2) is 0 Å². The fraction of sp³-hybridized carbons (Fsp3) is 0.619. The van der Waals surface area contributed by atoms with Gasteiger partial charge >= 0.3 is 12.1 Å². The minimum atomic E-state index is -1.06. The molecule has 28 heavy (non-hydrogen) atoms. The van der Waals surface area contributed by atoms with Gasteiger partial charge in [0, 0.05) is 36.3 Å². The van der Waals surface area contributed by atoms with E-state index in [1.807, 2.05) is 39.0 Å². The molecule has 1 amide bonds. The van der Waals surface area contributed by atoms with Crippen molar-refractivity contribution in [2.45, 2.75) is 64.1 Å². The van der Waals surface area contributed by atoms with Gasteiger partial charge in [-0.1, -0.05) is 11.6 Å². The fourth-order valence-corrected chi connectivity index (χ4v) is 4.43. The van der Waals surface area contributed by atoms with Crippen molar-refractivity contribution in [1.29, 1.82) is 0 Å². The van der Waals surface area contributed by atoms with Crippen LogP contribution in [0.3, 0.4) is 0 Å². The van der Waals surface area contributed by atoms with Gasteiger partial charge in [0.05, 0.1) is 7.11 Å². The smallest absolute Gasteiger partial charge is 0.411 e. The van der Waals surface area contributed by atoms with Crippen LogP contribution in [0.1, 0.15) is 46.1 Å². The summed E-state index contributed by atoms with van der Waals surface area (Å²) in [6, 6.07) is 5.92. The maximum atomic E-state index is 12.9. The first kappa shape index (κ1) is 20.8. The lowest BCUT2D eigenvalue weighted by Gasteiger charge is -2.36. The first-order valence-corrected chi connectivity index (χ1v) is 10.1. The molecule has 154 valence electrons. The van der Waals surface area contributed by atoms with Gasteiger partial charge in [0.25, 0.3) is 0 Å². The van der Waals surface area contributed by atoms with Gasteiger partial charge in [-0.05, 0) is 64.3 Å². The molecule has 0 spiro atoms. The van der Waals surface area contributed by atoms with E-state index < -0.39 is 23.2 Å². The lowest BCUT2D eigenvalue weighted by Crippen LogP contribution is -2.52. The van der Waals surface area contributed by atoms with Crippen molar-refractivity contribution in [2.75, 3.05) is 25.1 Å². The summed E-state index contributed by atoms with van der Waals surface area (Å²) in [5, 5.41) is 0.724. The van der Waals surface area contributed by atoms with Gasteiger partial charge in [0.2, 0.25) is 0 Å². The van der Waals surface area contributed by atoms with Crippen LogP contribution in [0.5, 0.6) is 0 Å². The Morgan fingerprint density at radius 3 is 2.64 bits per heavy atom. The number of ether oxygens (including phenoxy) is 2. The molecular weight excluding hydrogens is 380 g/mol. The molecule has 1 aromatic rings. The topological polar surface area (TPSA) is 59.1 Å². The standard InChI is InChI=1S/C21H29ClN2O4/c1-20(2,3)28-19(26)24-13-16(12-21(24,4)18(25)27-5)23-10-6-7-14-11-15(22)8-9-17(14)23/h8-9,11,16H,6-7,10,12-13H2,1-5H3/t16-,21-/m1/s1. The maximum Gasteiger partial charge on any atom is 0.411 e. The molecule has 1 fully saturated rings. The van der Waals surface area contributed by atoms with Crippen molar-refractivity contribution in [1.82, 2.24) is 4.90 Å². The molecule has 0 radical (unpaired) electrons. The number of fused-ring (bicyclic) bond motifs is 1. The average molecular weight is 409 g/mol. The number of hydrogen-bond acceptors (Lipinski definition) is 5. The molecule has 1 saturated heterocycles. The number of hydrogen-bond donors (Lipinski definition) is 0. The minimum absolute atomic E-state index is 0.00292. The van der Waals surface area contributed by atoms with E-state index in [0.717, 1.165) is 30.1 Å². The number of anilines is 1. The zero-order valence-electron chi connectivity index (χ0n) is 17.3. The Hall–Kier alpha value is -1.95. The Labute approximate surface area is 171 Å². The summed E-state index contributed by atoms with van der Waals surface area (Å²) in [6.45, 7) is 8.49. The number of rotatable bonds is 2. The lowest BCUT2D eigenvalue weighted by atomic mass is 9.94. The highest BCUT2D eigenvalue weighted by Gasteiger charge is 2.53. The third-order valence-electron chi connectivity index (χ3n) is 5.50. The van der Waals surface area contributed by atoms with Crippen LogP contribution in [-0.2, 0) is 20.7 Å². The molecule has 0 aromatic heterocycles. The Kier molecular flexibility index (Phi) is 5.54. The number of halogens is 1. The van der Waals surface area contributed by atoms with Crippen LogP contribution in [0.2, 0.25) is 5.02 Å². The number of aryl methyl sites for hydroxylation is 1. The van der Waals surface area contributed by atoms with Crippen molar-refractivity contribution in [3.63, 3.8) is 0 Å². The molecule has 2 aliphatic heterocycles. The van der Waals surface area contributed by atoms with Crippen molar-refractivity contribution >= 4 is 29.4 Å². The summed E-state index contributed by atoms with van der Waals surface area (Å²) >= 11 is 6.17. The van der Waals surface area contributed by atoms with E-state index in [-0.39, 0.29) is 6.04 Å². The monoisotopic (exact) mass is 408 g/mol. The zero-order chi connectivity index (χ0) is 20.7. The normalized spacial score (nSPS) is 24.7. The van der Waals surface area contributed by atoms with Gasteiger partial charge in [0.1, 0.15) is 11.1 Å². The molecular formula is C21H29ClN2O4. The highest BCUT2D eigenvalue weighted by molar-refractivity contribution is 6.30. The highest BCUT2D eigenvalue weighted by atomic mass is 35.5. The van der Waals surface area contributed by atoms with Crippen LogP contribution in [-0.4, -0.2) is 54.3 Å². The second-order valence-electron chi connectivity index (χ2n) is 8.78. The third-order valence-corrected chi connectivity index (χ3v) is 5.73. The Morgan fingerprint density at radius 1 is 1.29 bits per heavy atom. The quantitative estimate of drug-likeness (QED) is 0.691. The lowest BCUT2D eigenvalue weighted by molar-refractivity contribution is -0.152. The molecule has 0 N–H and O–H groups in total. The zero-order valence-corrected chi connectivity index (χ0v) is 18.0. The number of methoxy groups -OCH3 is 1. The number of benzene rings is 1. The van der Waals surface area contributed by atoms with E-state index in [1.54, 1.807) is 6.92 Å². The molecule has 2 aliphatic rings. The summed E-state index contributed by atoms with van der Waals surface area (Å²) in [5.41, 5.74) is 0.625. The van der Waals surface area contributed by atoms with Gasteiger partial charge in [-0.25, -0.2) is 9.59 Å². The van der Waals surface area contributed by atoms with Crippen LogP contribution < -0.4 is 4.90 Å². The summed E-state index contributed by atoms with van der Waals surface area (Å²) in [5.74, 6) is -0.422. The molecule has 0 saturated carbocycles. The van der Waals surface area contributed by atoms with Crippen molar-refractivity contribution < 1.29 is 19.1 Å². The second-order valence-corrected chi connectivity index (χ2v) is 9.22. The molecule has 0 aliphatic carbocycles. The van der Waals surface area contributed by atoms with Crippen LogP contribution in [0.25, 0.3) is 0 Å². The van der Waals surface area contributed by atoms with Gasteiger partial charge < -0.3 is 14.4 Å². The van der Waals surface area contributed by atoms with Crippen LogP contribution in [0.4, 0.5) is 10.5 Å². The number of amides is 1. The van der Waals surface area contributed by atoms with Gasteiger partial charge in [-0.3, -0.25) is 4.90 Å². The fourth-order valence-electron chi connectivity index (χ4n) is 4.24. The number of likely N-dealkylation sites (tertiary alicyclic amines) is 1.